The van der Waals surface area contributed by atoms with Crippen molar-refractivity contribution in [3.8, 4) is 0 Å². The fourth-order valence-electron chi connectivity index (χ4n) is 3.28. The van der Waals surface area contributed by atoms with Crippen molar-refractivity contribution in [3.63, 3.8) is 0 Å². The second-order valence-electron chi connectivity index (χ2n) is 8.36. The van der Waals surface area contributed by atoms with Gasteiger partial charge in [0.15, 0.2) is 0 Å². The molecule has 1 aliphatic carbocycles. The molecular weight excluding hydrogens is 406 g/mol. The molecule has 0 spiro atoms. The van der Waals surface area contributed by atoms with Crippen LogP contribution in [0.1, 0.15) is 96.3 Å². The summed E-state index contributed by atoms with van der Waals surface area (Å²) in [5.41, 5.74) is 15.0. The average molecular weight is 454 g/mol. The van der Waals surface area contributed by atoms with Gasteiger partial charge in [0, 0.05) is 23.6 Å². The van der Waals surface area contributed by atoms with Crippen LogP contribution >= 0.6 is 0 Å². The first kappa shape index (κ1) is 30.3. The molecule has 1 saturated carbocycles. The molecule has 0 radical (unpaired) electrons. The first-order valence-corrected chi connectivity index (χ1v) is 12.5. The van der Waals surface area contributed by atoms with Crippen LogP contribution in [0.15, 0.2) is 41.5 Å². The number of rotatable bonds is 11. The third-order valence-corrected chi connectivity index (χ3v) is 5.32. The predicted octanol–water partition coefficient (Wildman–Crippen LogP) is 7.03. The van der Waals surface area contributed by atoms with Crippen LogP contribution in [0.5, 0.6) is 0 Å². The summed E-state index contributed by atoms with van der Waals surface area (Å²) in [6, 6.07) is 6.01. The van der Waals surface area contributed by atoms with Gasteiger partial charge in [-0.1, -0.05) is 84.9 Å². The quantitative estimate of drug-likeness (QED) is 0.213. The monoisotopic (exact) mass is 453 g/mol. The highest BCUT2D eigenvalue weighted by Gasteiger charge is 2.19. The summed E-state index contributed by atoms with van der Waals surface area (Å²) in [6.07, 6.45) is 15.2. The summed E-state index contributed by atoms with van der Waals surface area (Å²) >= 11 is 0. The van der Waals surface area contributed by atoms with Gasteiger partial charge < -0.3 is 22.3 Å². The molecule has 1 aromatic carbocycles. The molecule has 0 aliphatic heterocycles. The Bertz CT molecular complexity index is 801. The lowest BCUT2D eigenvalue weighted by molar-refractivity contribution is 0.466. The highest BCUT2D eigenvalue weighted by atomic mass is 14.9. The van der Waals surface area contributed by atoms with Crippen molar-refractivity contribution < 1.29 is 0 Å². The number of nitrogens with one attached hydrogen (secondary N) is 2. The van der Waals surface area contributed by atoms with Crippen LogP contribution in [0.2, 0.25) is 0 Å². The summed E-state index contributed by atoms with van der Waals surface area (Å²) < 4.78 is 0. The molecule has 0 amide bonds. The first-order valence-electron chi connectivity index (χ1n) is 12.5. The summed E-state index contributed by atoms with van der Waals surface area (Å²) in [5.74, 6) is 1.44. The van der Waals surface area contributed by atoms with E-state index in [4.69, 9.17) is 22.3 Å². The lowest BCUT2D eigenvalue weighted by Crippen LogP contribution is -2.10. The molecule has 1 atom stereocenters. The van der Waals surface area contributed by atoms with Gasteiger partial charge in [-0.25, -0.2) is 0 Å². The van der Waals surface area contributed by atoms with Crippen LogP contribution < -0.4 is 11.5 Å². The number of aliphatic imine (C=N–C) groups is 1. The van der Waals surface area contributed by atoms with E-state index >= 15 is 0 Å². The molecule has 1 aliphatic rings. The van der Waals surface area contributed by atoms with Crippen molar-refractivity contribution >= 4 is 23.3 Å². The lowest BCUT2D eigenvalue weighted by atomic mass is 9.98. The number of nitrogens with two attached hydrogens (primary N) is 2. The van der Waals surface area contributed by atoms with Crippen molar-refractivity contribution in [1.82, 2.24) is 0 Å². The van der Waals surface area contributed by atoms with Crippen molar-refractivity contribution in [2.24, 2.45) is 22.4 Å². The topological polar surface area (TPSA) is 112 Å². The van der Waals surface area contributed by atoms with Gasteiger partial charge in [-0.05, 0) is 49.0 Å². The SMILES string of the molecule is CC.CCCCC(C)CCC.Cc1cc(/C(C=N)=C/N)ccc1C(=N)/C=C\C(N)=NC1CC1. The summed E-state index contributed by atoms with van der Waals surface area (Å²) in [6.45, 7) is 12.8. The van der Waals surface area contributed by atoms with Crippen LogP contribution in [0, 0.1) is 23.7 Å². The number of amidine groups is 1. The number of hydrogen-bond donors (Lipinski definition) is 4. The van der Waals surface area contributed by atoms with Gasteiger partial charge in [-0.2, -0.15) is 0 Å². The molecule has 5 nitrogen and oxygen atoms in total. The fraction of sp³-hybridized carbons (Fsp3) is 0.536. The van der Waals surface area contributed by atoms with E-state index in [9.17, 15) is 0 Å². The highest BCUT2D eigenvalue weighted by molar-refractivity contribution is 6.12. The Morgan fingerprint density at radius 2 is 1.82 bits per heavy atom. The zero-order chi connectivity index (χ0) is 25.2. The van der Waals surface area contributed by atoms with Crippen LogP contribution in [0.3, 0.4) is 0 Å². The van der Waals surface area contributed by atoms with Crippen molar-refractivity contribution in [3.05, 3.63) is 53.2 Å². The van der Waals surface area contributed by atoms with Crippen LogP contribution in [0.4, 0.5) is 0 Å². The number of benzene rings is 1. The van der Waals surface area contributed by atoms with E-state index in [0.717, 1.165) is 35.4 Å². The zero-order valence-electron chi connectivity index (χ0n) is 21.7. The standard InChI is InChI=1S/C17H21N5.C9H20.C2H6/c1-11-8-12(13(9-18)10-19)2-5-15(11)16(20)6-7-17(21)22-14-3-4-14;1-4-6-8-9(3)7-5-2;1-2/h2,5-10,14,18,20H,3-4,19H2,1H3,(H2,21,22);9H,4-8H2,1-3H3;1-2H3/b7-6-,13-10+,18-9?,20-16?;;. The van der Waals surface area contributed by atoms with Crippen LogP contribution in [0.25, 0.3) is 5.57 Å². The molecular formula is C28H47N5. The van der Waals surface area contributed by atoms with Gasteiger partial charge in [0.1, 0.15) is 5.84 Å². The maximum absolute atomic E-state index is 8.15. The number of hydrogen-bond acceptors (Lipinski definition) is 4. The Morgan fingerprint density at radius 3 is 2.30 bits per heavy atom. The molecule has 1 unspecified atom stereocenters. The third-order valence-electron chi connectivity index (χ3n) is 5.32. The minimum Gasteiger partial charge on any atom is -0.404 e. The number of allylic oxidation sites excluding steroid dienone is 2. The second-order valence-corrected chi connectivity index (χ2v) is 8.36. The molecule has 2 rings (SSSR count). The Labute approximate surface area is 202 Å². The summed E-state index contributed by atoms with van der Waals surface area (Å²) in [4.78, 5) is 4.30. The molecule has 184 valence electrons. The average Bonchev–Trinajstić information content (AvgIpc) is 3.63. The van der Waals surface area contributed by atoms with Gasteiger partial charge in [-0.3, -0.25) is 4.99 Å². The van der Waals surface area contributed by atoms with Crippen LogP contribution in [-0.4, -0.2) is 23.8 Å². The van der Waals surface area contributed by atoms with Gasteiger partial charge in [-0.15, -0.1) is 0 Å². The van der Waals surface area contributed by atoms with Gasteiger partial charge in [0.25, 0.3) is 0 Å². The Morgan fingerprint density at radius 1 is 1.15 bits per heavy atom. The normalized spacial score (nSPS) is 14.6. The van der Waals surface area contributed by atoms with E-state index < -0.39 is 0 Å². The maximum atomic E-state index is 8.15. The van der Waals surface area contributed by atoms with Gasteiger partial charge in [0.2, 0.25) is 0 Å². The lowest BCUT2D eigenvalue weighted by Gasteiger charge is -2.08. The number of nitrogens with zero attached hydrogens (tertiary/aromatic N) is 1. The number of aryl methyl sites for hydroxylation is 1. The predicted molar refractivity (Wildman–Crippen MR) is 148 cm³/mol. The van der Waals surface area contributed by atoms with E-state index in [0.29, 0.717) is 23.2 Å². The molecule has 1 fully saturated rings. The van der Waals surface area contributed by atoms with E-state index in [1.165, 1.54) is 44.5 Å². The van der Waals surface area contributed by atoms with Crippen LogP contribution in [-0.2, 0) is 0 Å². The molecule has 33 heavy (non-hydrogen) atoms. The molecule has 0 heterocycles. The van der Waals surface area contributed by atoms with E-state index in [1.54, 1.807) is 12.2 Å². The smallest absolute Gasteiger partial charge is 0.118 e. The van der Waals surface area contributed by atoms with E-state index in [1.807, 2.05) is 39.0 Å². The second kappa shape index (κ2) is 17.8. The largest absolute Gasteiger partial charge is 0.404 e. The molecule has 0 saturated heterocycles. The molecule has 1 aromatic rings. The Hall–Kier alpha value is -2.69. The molecule has 0 aromatic heterocycles. The maximum Gasteiger partial charge on any atom is 0.118 e. The zero-order valence-corrected chi connectivity index (χ0v) is 21.7. The summed E-state index contributed by atoms with van der Waals surface area (Å²) in [7, 11) is 0. The molecule has 0 bridgehead atoms. The molecule has 6 N–H and O–H groups in total. The van der Waals surface area contributed by atoms with Crippen molar-refractivity contribution in [1.29, 1.82) is 10.8 Å². The third kappa shape index (κ3) is 12.8. The Kier molecular flexibility index (Phi) is 16.4. The van der Waals surface area contributed by atoms with E-state index in [2.05, 4.69) is 25.8 Å². The fourth-order valence-corrected chi connectivity index (χ4v) is 3.28. The minimum atomic E-state index is 0.377. The first-order chi connectivity index (χ1) is 15.9. The Balaban J connectivity index is 0.000000786. The van der Waals surface area contributed by atoms with Crippen molar-refractivity contribution in [2.75, 3.05) is 0 Å². The van der Waals surface area contributed by atoms with E-state index in [-0.39, 0.29) is 0 Å². The minimum absolute atomic E-state index is 0.377. The number of unbranched alkanes of at least 4 members (excludes halogenated alkanes) is 1. The summed E-state index contributed by atoms with van der Waals surface area (Å²) in [5, 5.41) is 15.5. The van der Waals surface area contributed by atoms with Gasteiger partial charge in [0.05, 0.1) is 11.8 Å². The van der Waals surface area contributed by atoms with Crippen molar-refractivity contribution in [2.45, 2.75) is 92.5 Å². The highest BCUT2D eigenvalue weighted by Crippen LogP contribution is 2.23. The molecule has 5 heteroatoms. The van der Waals surface area contributed by atoms with Gasteiger partial charge >= 0.3 is 0 Å².